The van der Waals surface area contributed by atoms with E-state index in [1.807, 2.05) is 0 Å². The summed E-state index contributed by atoms with van der Waals surface area (Å²) >= 11 is 0. The molecule has 1 saturated carbocycles. The number of ether oxygens (including phenoxy) is 1. The molecule has 4 heteroatoms. The topological polar surface area (TPSA) is 64.4 Å². The van der Waals surface area contributed by atoms with Gasteiger partial charge in [-0.25, -0.2) is 0 Å². The molecule has 0 heterocycles. The van der Waals surface area contributed by atoms with E-state index in [1.165, 1.54) is 0 Å². The summed E-state index contributed by atoms with van der Waals surface area (Å²) < 4.78 is 5.23. The fourth-order valence-corrected chi connectivity index (χ4v) is 1.88. The molecule has 1 fully saturated rings. The number of hydrogen-bond acceptors (Lipinski definition) is 3. The van der Waals surface area contributed by atoms with Crippen LogP contribution in [0.4, 0.5) is 0 Å². The molecular formula is C11H20N2O2. The van der Waals surface area contributed by atoms with E-state index in [2.05, 4.69) is 11.9 Å². The largest absolute Gasteiger partial charge is 0.381 e. The van der Waals surface area contributed by atoms with E-state index < -0.39 is 6.04 Å². The second kappa shape index (κ2) is 5.88. The van der Waals surface area contributed by atoms with Gasteiger partial charge in [-0.2, -0.15) is 0 Å². The summed E-state index contributed by atoms with van der Waals surface area (Å²) in [5, 5.41) is 2.94. The van der Waals surface area contributed by atoms with Crippen molar-refractivity contribution in [2.45, 2.75) is 43.9 Å². The summed E-state index contributed by atoms with van der Waals surface area (Å²) in [6, 6.07) is -0.248. The average molecular weight is 212 g/mol. The molecule has 3 unspecified atom stereocenters. The highest BCUT2D eigenvalue weighted by molar-refractivity contribution is 5.81. The lowest BCUT2D eigenvalue weighted by Crippen LogP contribution is -2.44. The van der Waals surface area contributed by atoms with E-state index in [0.717, 1.165) is 19.3 Å². The standard InChI is InChI=1S/C11H20N2O2/c1-3-4-10(12)11(14)13-8-5-6-9(7-8)15-2/h3,8-10H,1,4-7,12H2,2H3,(H,13,14). The predicted molar refractivity (Wildman–Crippen MR) is 59.4 cm³/mol. The number of rotatable bonds is 5. The summed E-state index contributed by atoms with van der Waals surface area (Å²) in [6.07, 6.45) is 5.35. The van der Waals surface area contributed by atoms with Crippen molar-refractivity contribution in [3.8, 4) is 0 Å². The van der Waals surface area contributed by atoms with Crippen LogP contribution in [0.15, 0.2) is 12.7 Å². The molecule has 1 amide bonds. The van der Waals surface area contributed by atoms with Crippen molar-refractivity contribution in [2.75, 3.05) is 7.11 Å². The van der Waals surface area contributed by atoms with Gasteiger partial charge in [0, 0.05) is 13.2 Å². The summed E-state index contributed by atoms with van der Waals surface area (Å²) in [5.74, 6) is -0.0864. The van der Waals surface area contributed by atoms with Crippen LogP contribution in [0.5, 0.6) is 0 Å². The van der Waals surface area contributed by atoms with Crippen LogP contribution in [0.25, 0.3) is 0 Å². The van der Waals surface area contributed by atoms with Gasteiger partial charge in [-0.05, 0) is 25.7 Å². The first kappa shape index (κ1) is 12.2. The third-order valence-electron chi connectivity index (χ3n) is 2.82. The van der Waals surface area contributed by atoms with Gasteiger partial charge in [-0.15, -0.1) is 6.58 Å². The van der Waals surface area contributed by atoms with Crippen molar-refractivity contribution in [2.24, 2.45) is 5.73 Å². The first-order valence-electron chi connectivity index (χ1n) is 5.37. The second-order valence-electron chi connectivity index (χ2n) is 4.01. The molecule has 0 radical (unpaired) electrons. The maximum absolute atomic E-state index is 11.6. The Morgan fingerprint density at radius 2 is 2.47 bits per heavy atom. The molecule has 3 atom stereocenters. The van der Waals surface area contributed by atoms with Crippen LogP contribution in [0, 0.1) is 0 Å². The molecule has 0 aromatic carbocycles. The lowest BCUT2D eigenvalue weighted by atomic mass is 10.2. The zero-order valence-corrected chi connectivity index (χ0v) is 9.24. The molecule has 0 aromatic heterocycles. The zero-order valence-electron chi connectivity index (χ0n) is 9.24. The molecule has 0 spiro atoms. The van der Waals surface area contributed by atoms with Crippen molar-refractivity contribution >= 4 is 5.91 Å². The maximum atomic E-state index is 11.6. The van der Waals surface area contributed by atoms with Gasteiger partial charge in [0.1, 0.15) is 0 Å². The van der Waals surface area contributed by atoms with E-state index in [1.54, 1.807) is 13.2 Å². The van der Waals surface area contributed by atoms with E-state index in [0.29, 0.717) is 6.42 Å². The van der Waals surface area contributed by atoms with Gasteiger partial charge in [0.2, 0.25) is 5.91 Å². The molecule has 0 saturated heterocycles. The Hall–Kier alpha value is -0.870. The van der Waals surface area contributed by atoms with Gasteiger partial charge in [-0.1, -0.05) is 6.08 Å². The third-order valence-corrected chi connectivity index (χ3v) is 2.82. The number of carbonyl (C=O) groups is 1. The van der Waals surface area contributed by atoms with Gasteiger partial charge in [0.25, 0.3) is 0 Å². The Balaban J connectivity index is 2.29. The number of carbonyl (C=O) groups excluding carboxylic acids is 1. The number of nitrogens with one attached hydrogen (secondary N) is 1. The monoisotopic (exact) mass is 212 g/mol. The van der Waals surface area contributed by atoms with Crippen molar-refractivity contribution in [1.82, 2.24) is 5.32 Å². The highest BCUT2D eigenvalue weighted by Crippen LogP contribution is 2.21. The van der Waals surface area contributed by atoms with Crippen LogP contribution in [-0.4, -0.2) is 31.2 Å². The normalized spacial score (nSPS) is 27.3. The third kappa shape index (κ3) is 3.64. The molecule has 4 nitrogen and oxygen atoms in total. The number of hydrogen-bond donors (Lipinski definition) is 2. The maximum Gasteiger partial charge on any atom is 0.237 e. The van der Waals surface area contributed by atoms with Gasteiger partial charge in [-0.3, -0.25) is 4.79 Å². The Morgan fingerprint density at radius 3 is 3.00 bits per heavy atom. The Labute approximate surface area is 90.9 Å². The second-order valence-corrected chi connectivity index (χ2v) is 4.01. The van der Waals surface area contributed by atoms with Crippen LogP contribution >= 0.6 is 0 Å². The minimum absolute atomic E-state index is 0.0864. The smallest absolute Gasteiger partial charge is 0.237 e. The molecule has 0 bridgehead atoms. The fraction of sp³-hybridized carbons (Fsp3) is 0.727. The highest BCUT2D eigenvalue weighted by atomic mass is 16.5. The van der Waals surface area contributed by atoms with Crippen LogP contribution in [0.1, 0.15) is 25.7 Å². The molecule has 86 valence electrons. The summed E-state index contributed by atoms with van der Waals surface area (Å²) in [6.45, 7) is 3.56. The first-order valence-corrected chi connectivity index (χ1v) is 5.37. The fourth-order valence-electron chi connectivity index (χ4n) is 1.88. The molecule has 1 aliphatic rings. The van der Waals surface area contributed by atoms with Gasteiger partial charge in [0.15, 0.2) is 0 Å². The van der Waals surface area contributed by atoms with Crippen LogP contribution in [-0.2, 0) is 9.53 Å². The van der Waals surface area contributed by atoms with Crippen LogP contribution in [0.3, 0.4) is 0 Å². The van der Waals surface area contributed by atoms with Crippen molar-refractivity contribution in [3.63, 3.8) is 0 Å². The SMILES string of the molecule is C=CCC(N)C(=O)NC1CCC(OC)C1. The predicted octanol–water partition coefficient (Wildman–Crippen LogP) is 0.574. The quantitative estimate of drug-likeness (QED) is 0.655. The van der Waals surface area contributed by atoms with Gasteiger partial charge in [0.05, 0.1) is 12.1 Å². The molecule has 3 N–H and O–H groups in total. The van der Waals surface area contributed by atoms with Crippen molar-refractivity contribution in [3.05, 3.63) is 12.7 Å². The minimum atomic E-state index is -0.468. The number of nitrogens with two attached hydrogens (primary N) is 1. The zero-order chi connectivity index (χ0) is 11.3. The van der Waals surface area contributed by atoms with Crippen LogP contribution in [0.2, 0.25) is 0 Å². The van der Waals surface area contributed by atoms with E-state index in [9.17, 15) is 4.79 Å². The van der Waals surface area contributed by atoms with Gasteiger partial charge < -0.3 is 15.8 Å². The average Bonchev–Trinajstić information content (AvgIpc) is 2.66. The summed E-state index contributed by atoms with van der Waals surface area (Å²) in [7, 11) is 1.71. The van der Waals surface area contributed by atoms with Crippen molar-refractivity contribution < 1.29 is 9.53 Å². The Morgan fingerprint density at radius 1 is 1.73 bits per heavy atom. The van der Waals surface area contributed by atoms with E-state index in [-0.39, 0.29) is 18.1 Å². The van der Waals surface area contributed by atoms with E-state index in [4.69, 9.17) is 10.5 Å². The van der Waals surface area contributed by atoms with Crippen LogP contribution < -0.4 is 11.1 Å². The molecule has 0 aliphatic heterocycles. The van der Waals surface area contributed by atoms with Crippen molar-refractivity contribution in [1.29, 1.82) is 0 Å². The summed E-state index contributed by atoms with van der Waals surface area (Å²) in [5.41, 5.74) is 5.66. The van der Waals surface area contributed by atoms with Gasteiger partial charge >= 0.3 is 0 Å². The molecule has 1 aliphatic carbocycles. The lowest BCUT2D eigenvalue weighted by molar-refractivity contribution is -0.123. The Bertz CT molecular complexity index is 231. The van der Waals surface area contributed by atoms with E-state index >= 15 is 0 Å². The minimum Gasteiger partial charge on any atom is -0.381 e. The molecular weight excluding hydrogens is 192 g/mol. The highest BCUT2D eigenvalue weighted by Gasteiger charge is 2.26. The molecule has 15 heavy (non-hydrogen) atoms. The summed E-state index contributed by atoms with van der Waals surface area (Å²) in [4.78, 5) is 11.6. The number of amides is 1. The lowest BCUT2D eigenvalue weighted by Gasteiger charge is -2.15. The molecule has 1 rings (SSSR count). The Kier molecular flexibility index (Phi) is 4.78. The number of methoxy groups -OCH3 is 1. The molecule has 0 aromatic rings. The first-order chi connectivity index (χ1) is 7.17.